The molecule has 1 saturated carbocycles. The van der Waals surface area contributed by atoms with Crippen LogP contribution in [-0.2, 0) is 19.4 Å². The van der Waals surface area contributed by atoms with Crippen molar-refractivity contribution in [3.63, 3.8) is 0 Å². The molecule has 0 unspecified atom stereocenters. The minimum absolute atomic E-state index is 0.0621. The van der Waals surface area contributed by atoms with Gasteiger partial charge in [-0.2, -0.15) is 0 Å². The number of nitrogens with one attached hydrogen (secondary N) is 2. The number of aromatic amines is 1. The Kier molecular flexibility index (Phi) is 4.49. The highest BCUT2D eigenvalue weighted by molar-refractivity contribution is 7.18. The molecule has 4 rings (SSSR count). The Hall–Kier alpha value is -1.20. The van der Waals surface area contributed by atoms with Gasteiger partial charge in [-0.1, -0.05) is 25.7 Å². The van der Waals surface area contributed by atoms with Crippen molar-refractivity contribution in [2.24, 2.45) is 0 Å². The fourth-order valence-electron chi connectivity index (χ4n) is 4.02. The third-order valence-electron chi connectivity index (χ3n) is 5.29. The van der Waals surface area contributed by atoms with Gasteiger partial charge in [0.15, 0.2) is 0 Å². The third-order valence-corrected chi connectivity index (χ3v) is 6.47. The second-order valence-corrected chi connectivity index (χ2v) is 8.06. The summed E-state index contributed by atoms with van der Waals surface area (Å²) in [7, 11) is 0. The molecule has 23 heavy (non-hydrogen) atoms. The zero-order valence-electron chi connectivity index (χ0n) is 13.6. The van der Waals surface area contributed by atoms with Crippen molar-refractivity contribution in [1.82, 2.24) is 15.3 Å². The van der Waals surface area contributed by atoms with Gasteiger partial charge in [-0.05, 0) is 44.1 Å². The van der Waals surface area contributed by atoms with E-state index < -0.39 is 0 Å². The van der Waals surface area contributed by atoms with Crippen LogP contribution in [-0.4, -0.2) is 16.0 Å². The van der Waals surface area contributed by atoms with Crippen LogP contribution < -0.4 is 10.9 Å². The number of H-pyrrole nitrogens is 1. The summed E-state index contributed by atoms with van der Waals surface area (Å²) in [6.45, 7) is 0.679. The van der Waals surface area contributed by atoms with Gasteiger partial charge in [-0.3, -0.25) is 4.79 Å². The van der Waals surface area contributed by atoms with Gasteiger partial charge in [-0.25, -0.2) is 4.98 Å². The molecule has 0 radical (unpaired) electrons. The molecule has 2 heterocycles. The number of nitrogens with zero attached hydrogens (tertiary/aromatic N) is 1. The van der Waals surface area contributed by atoms with Crippen LogP contribution in [0.25, 0.3) is 10.2 Å². The summed E-state index contributed by atoms with van der Waals surface area (Å²) >= 11 is 1.73. The van der Waals surface area contributed by atoms with Crippen LogP contribution in [0.4, 0.5) is 0 Å². The monoisotopic (exact) mass is 331 g/mol. The first-order chi connectivity index (χ1) is 11.3. The molecule has 1 fully saturated rings. The summed E-state index contributed by atoms with van der Waals surface area (Å²) < 4.78 is 0. The van der Waals surface area contributed by atoms with Crippen LogP contribution in [0, 0.1) is 0 Å². The minimum Gasteiger partial charge on any atom is -0.309 e. The SMILES string of the molecule is O=c1[nH]c(CNC2CCCCCC2)nc2sc3c(c12)CCCC3. The van der Waals surface area contributed by atoms with Crippen LogP contribution in [0.2, 0.25) is 0 Å². The summed E-state index contributed by atoms with van der Waals surface area (Å²) in [5.41, 5.74) is 1.33. The normalized spacial score (nSPS) is 19.7. The van der Waals surface area contributed by atoms with Crippen molar-refractivity contribution >= 4 is 21.6 Å². The van der Waals surface area contributed by atoms with Crippen molar-refractivity contribution in [3.05, 3.63) is 26.6 Å². The number of aromatic nitrogens is 2. The van der Waals surface area contributed by atoms with Crippen molar-refractivity contribution < 1.29 is 0 Å². The maximum atomic E-state index is 12.5. The van der Waals surface area contributed by atoms with Gasteiger partial charge in [0.25, 0.3) is 5.56 Å². The molecule has 124 valence electrons. The molecular weight excluding hydrogens is 306 g/mol. The highest BCUT2D eigenvalue weighted by Crippen LogP contribution is 2.33. The van der Waals surface area contributed by atoms with Gasteiger partial charge in [-0.15, -0.1) is 11.3 Å². The molecule has 0 aliphatic heterocycles. The lowest BCUT2D eigenvalue weighted by Gasteiger charge is -2.15. The standard InChI is InChI=1S/C18H25N3OS/c22-17-16-13-9-5-6-10-14(13)23-18(16)21-15(20-17)11-19-12-7-3-1-2-4-8-12/h12,19H,1-11H2,(H,20,21,22). The Bertz CT molecular complexity index is 741. The lowest BCUT2D eigenvalue weighted by atomic mass is 9.97. The number of hydrogen-bond acceptors (Lipinski definition) is 4. The fraction of sp³-hybridized carbons (Fsp3) is 0.667. The summed E-state index contributed by atoms with van der Waals surface area (Å²) in [6, 6.07) is 0.579. The lowest BCUT2D eigenvalue weighted by Crippen LogP contribution is -2.29. The van der Waals surface area contributed by atoms with Gasteiger partial charge in [0, 0.05) is 10.9 Å². The molecule has 0 atom stereocenters. The van der Waals surface area contributed by atoms with Crippen molar-refractivity contribution in [2.45, 2.75) is 76.8 Å². The molecule has 0 spiro atoms. The predicted octanol–water partition coefficient (Wildman–Crippen LogP) is 3.68. The predicted molar refractivity (Wildman–Crippen MR) is 95.2 cm³/mol. The Morgan fingerprint density at radius 3 is 2.70 bits per heavy atom. The molecule has 0 bridgehead atoms. The first kappa shape index (κ1) is 15.3. The van der Waals surface area contributed by atoms with E-state index in [9.17, 15) is 4.79 Å². The minimum atomic E-state index is 0.0621. The average molecular weight is 331 g/mol. The van der Waals surface area contributed by atoms with E-state index in [1.807, 2.05) is 0 Å². The number of thiophene rings is 1. The second-order valence-electron chi connectivity index (χ2n) is 6.97. The van der Waals surface area contributed by atoms with Gasteiger partial charge < -0.3 is 10.3 Å². The highest BCUT2D eigenvalue weighted by Gasteiger charge is 2.20. The maximum Gasteiger partial charge on any atom is 0.259 e. The van der Waals surface area contributed by atoms with Gasteiger partial charge in [0.05, 0.1) is 11.9 Å². The zero-order valence-corrected chi connectivity index (χ0v) is 14.4. The molecule has 0 amide bonds. The van der Waals surface area contributed by atoms with Crippen LogP contribution in [0.3, 0.4) is 0 Å². The molecule has 5 heteroatoms. The van der Waals surface area contributed by atoms with E-state index in [1.165, 1.54) is 61.8 Å². The molecule has 2 aromatic rings. The number of rotatable bonds is 3. The first-order valence-corrected chi connectivity index (χ1v) is 9.90. The van der Waals surface area contributed by atoms with Crippen LogP contribution >= 0.6 is 11.3 Å². The Balaban J connectivity index is 1.55. The van der Waals surface area contributed by atoms with E-state index in [4.69, 9.17) is 4.98 Å². The van der Waals surface area contributed by atoms with E-state index in [2.05, 4.69) is 10.3 Å². The van der Waals surface area contributed by atoms with E-state index in [-0.39, 0.29) is 5.56 Å². The summed E-state index contributed by atoms with van der Waals surface area (Å²) in [5, 5.41) is 4.47. The lowest BCUT2D eigenvalue weighted by molar-refractivity contribution is 0.453. The molecule has 0 aromatic carbocycles. The number of hydrogen-bond donors (Lipinski definition) is 2. The van der Waals surface area contributed by atoms with Gasteiger partial charge >= 0.3 is 0 Å². The van der Waals surface area contributed by atoms with Crippen molar-refractivity contribution in [2.75, 3.05) is 0 Å². The Labute approximate surface area is 140 Å². The third kappa shape index (κ3) is 3.22. The summed E-state index contributed by atoms with van der Waals surface area (Å²) in [5.74, 6) is 0.797. The summed E-state index contributed by atoms with van der Waals surface area (Å²) in [4.78, 5) is 22.6. The first-order valence-electron chi connectivity index (χ1n) is 9.08. The van der Waals surface area contributed by atoms with Gasteiger partial charge in [0.1, 0.15) is 10.7 Å². The Morgan fingerprint density at radius 2 is 1.87 bits per heavy atom. The fourth-order valence-corrected chi connectivity index (χ4v) is 5.30. The number of fused-ring (bicyclic) bond motifs is 3. The van der Waals surface area contributed by atoms with Crippen molar-refractivity contribution in [3.8, 4) is 0 Å². The maximum absolute atomic E-state index is 12.5. The quantitative estimate of drug-likeness (QED) is 0.844. The smallest absolute Gasteiger partial charge is 0.259 e. The largest absolute Gasteiger partial charge is 0.309 e. The second kappa shape index (κ2) is 6.73. The molecule has 2 N–H and O–H groups in total. The molecule has 4 nitrogen and oxygen atoms in total. The molecule has 2 aliphatic carbocycles. The molecule has 2 aromatic heterocycles. The zero-order chi connectivity index (χ0) is 15.6. The molecular formula is C18H25N3OS. The summed E-state index contributed by atoms with van der Waals surface area (Å²) in [6.07, 6.45) is 12.5. The molecule has 2 aliphatic rings. The van der Waals surface area contributed by atoms with E-state index in [0.29, 0.717) is 12.6 Å². The van der Waals surface area contributed by atoms with E-state index in [0.717, 1.165) is 28.9 Å². The molecule has 0 saturated heterocycles. The van der Waals surface area contributed by atoms with Crippen LogP contribution in [0.1, 0.15) is 67.6 Å². The highest BCUT2D eigenvalue weighted by atomic mass is 32.1. The topological polar surface area (TPSA) is 57.8 Å². The van der Waals surface area contributed by atoms with Crippen LogP contribution in [0.15, 0.2) is 4.79 Å². The van der Waals surface area contributed by atoms with E-state index in [1.54, 1.807) is 11.3 Å². The van der Waals surface area contributed by atoms with Crippen molar-refractivity contribution in [1.29, 1.82) is 0 Å². The Morgan fingerprint density at radius 1 is 1.09 bits per heavy atom. The van der Waals surface area contributed by atoms with Gasteiger partial charge in [0.2, 0.25) is 0 Å². The van der Waals surface area contributed by atoms with E-state index >= 15 is 0 Å². The average Bonchev–Trinajstić information content (AvgIpc) is 2.74. The van der Waals surface area contributed by atoms with Crippen LogP contribution in [0.5, 0.6) is 0 Å². The number of aryl methyl sites for hydroxylation is 2.